The molecule has 0 unspecified atom stereocenters. The Morgan fingerprint density at radius 2 is 1.35 bits per heavy atom. The minimum Gasteiger partial charge on any atom is -0.492 e. The Bertz CT molecular complexity index is 2280. The van der Waals surface area contributed by atoms with Gasteiger partial charge in [0.05, 0.1) is 24.2 Å². The van der Waals surface area contributed by atoms with Crippen LogP contribution in [0.1, 0.15) is 37.5 Å². The van der Waals surface area contributed by atoms with Crippen molar-refractivity contribution in [1.82, 2.24) is 4.90 Å². The van der Waals surface area contributed by atoms with E-state index < -0.39 is 16.9 Å². The number of amides is 2. The van der Waals surface area contributed by atoms with Gasteiger partial charge in [0.25, 0.3) is 10.9 Å². The maximum Gasteiger partial charge on any atom is 0.323 e. The zero-order valence-electron chi connectivity index (χ0n) is 30.5. The van der Waals surface area contributed by atoms with Gasteiger partial charge in [0.2, 0.25) is 0 Å². The number of urea groups is 1. The Hall–Kier alpha value is -5.93. The number of nitrogens with zero attached hydrogens (tertiary/aromatic N) is 1. The number of hydrogen-bond acceptors (Lipinski definition) is 7. The van der Waals surface area contributed by atoms with E-state index in [9.17, 15) is 14.4 Å². The standard InChI is InChI=1S/C43H45N5O4/c1-43(2,3)30-24-35(45-38-37(39(49)40(38)50)44-26-28-12-8-7-9-13-28)41(52-6)36(25-30)47-42(51)46-34-21-20-31(32-14-10-11-15-33(32)34)29-18-16-27(17-19-29)22-23-48(4)5/h7-21,24-25,44-45H,22-23,26H2,1-6H3,(H2,46,47,51). The maximum atomic E-state index is 13.7. The lowest BCUT2D eigenvalue weighted by Gasteiger charge is -2.25. The average molecular weight is 696 g/mol. The van der Waals surface area contributed by atoms with Crippen molar-refractivity contribution in [2.45, 2.75) is 39.2 Å². The van der Waals surface area contributed by atoms with E-state index in [0.29, 0.717) is 29.4 Å². The number of hydrogen-bond donors (Lipinski definition) is 4. The lowest BCUT2D eigenvalue weighted by Crippen LogP contribution is -2.36. The quantitative estimate of drug-likeness (QED) is 0.0950. The first-order valence-electron chi connectivity index (χ1n) is 17.4. The number of methoxy groups -OCH3 is 1. The van der Waals surface area contributed by atoms with Crippen LogP contribution in [0.15, 0.2) is 113 Å². The number of anilines is 5. The Morgan fingerprint density at radius 3 is 2.02 bits per heavy atom. The third-order valence-electron chi connectivity index (χ3n) is 9.17. The number of carbonyl (C=O) groups is 1. The van der Waals surface area contributed by atoms with Crippen molar-refractivity contribution in [3.05, 3.63) is 140 Å². The zero-order chi connectivity index (χ0) is 37.0. The molecule has 0 atom stereocenters. The fourth-order valence-corrected chi connectivity index (χ4v) is 6.21. The summed E-state index contributed by atoms with van der Waals surface area (Å²) in [5.41, 5.74) is 5.64. The van der Waals surface area contributed by atoms with Crippen LogP contribution in [0.2, 0.25) is 0 Å². The molecule has 0 aromatic heterocycles. The highest BCUT2D eigenvalue weighted by Gasteiger charge is 2.26. The number of benzene rings is 5. The van der Waals surface area contributed by atoms with E-state index in [-0.39, 0.29) is 16.8 Å². The van der Waals surface area contributed by atoms with Crippen LogP contribution in [-0.4, -0.2) is 38.7 Å². The third-order valence-corrected chi connectivity index (χ3v) is 9.17. The Morgan fingerprint density at radius 1 is 0.712 bits per heavy atom. The van der Waals surface area contributed by atoms with Crippen molar-refractivity contribution in [2.75, 3.05) is 49.0 Å². The van der Waals surface area contributed by atoms with E-state index in [0.717, 1.165) is 46.0 Å². The number of nitrogens with one attached hydrogen (secondary N) is 4. The molecule has 6 aromatic carbocycles. The van der Waals surface area contributed by atoms with Gasteiger partial charge in [-0.2, -0.15) is 0 Å². The van der Waals surface area contributed by atoms with Gasteiger partial charge in [-0.15, -0.1) is 0 Å². The van der Waals surface area contributed by atoms with Crippen molar-refractivity contribution in [2.24, 2.45) is 0 Å². The molecule has 0 radical (unpaired) electrons. The van der Waals surface area contributed by atoms with Crippen LogP contribution in [0.4, 0.5) is 33.2 Å². The van der Waals surface area contributed by atoms with Crippen LogP contribution in [0.5, 0.6) is 5.75 Å². The number of carbonyl (C=O) groups excluding carboxylic acids is 1. The van der Waals surface area contributed by atoms with Crippen LogP contribution < -0.4 is 36.9 Å². The predicted molar refractivity (Wildman–Crippen MR) is 214 cm³/mol. The first kappa shape index (κ1) is 35.9. The zero-order valence-corrected chi connectivity index (χ0v) is 30.5. The highest BCUT2D eigenvalue weighted by Crippen LogP contribution is 2.41. The van der Waals surface area contributed by atoms with Crippen molar-refractivity contribution in [3.8, 4) is 16.9 Å². The van der Waals surface area contributed by atoms with Crippen molar-refractivity contribution in [3.63, 3.8) is 0 Å². The number of rotatable bonds is 12. The van der Waals surface area contributed by atoms with Crippen LogP contribution in [0, 0.1) is 0 Å². The van der Waals surface area contributed by atoms with Gasteiger partial charge in [-0.1, -0.05) is 106 Å². The molecule has 6 aromatic rings. The second-order valence-electron chi connectivity index (χ2n) is 14.3. The Labute approximate surface area is 304 Å². The van der Waals surface area contributed by atoms with E-state index in [1.54, 1.807) is 0 Å². The first-order chi connectivity index (χ1) is 24.9. The minimum absolute atomic E-state index is 0.149. The summed E-state index contributed by atoms with van der Waals surface area (Å²) in [6, 6.07) is 33.5. The molecule has 0 bridgehead atoms. The summed E-state index contributed by atoms with van der Waals surface area (Å²) in [6.45, 7) is 7.53. The van der Waals surface area contributed by atoms with Gasteiger partial charge in [0, 0.05) is 18.5 Å². The largest absolute Gasteiger partial charge is 0.492 e. The van der Waals surface area contributed by atoms with Crippen molar-refractivity contribution in [1.29, 1.82) is 0 Å². The van der Waals surface area contributed by atoms with Gasteiger partial charge in [-0.3, -0.25) is 9.59 Å². The van der Waals surface area contributed by atoms with E-state index >= 15 is 0 Å². The molecule has 9 heteroatoms. The minimum atomic E-state index is -0.623. The summed E-state index contributed by atoms with van der Waals surface area (Å²) >= 11 is 0. The van der Waals surface area contributed by atoms with Gasteiger partial charge in [0.1, 0.15) is 11.4 Å². The molecule has 6 rings (SSSR count). The lowest BCUT2D eigenvalue weighted by atomic mass is 9.86. The molecular weight excluding hydrogens is 651 g/mol. The SMILES string of the molecule is COc1c(NC(=O)Nc2ccc(-c3ccc(CCN(C)C)cc3)c3ccccc23)cc(C(C)(C)C)cc1Nc1c(NCc2ccccc2)c(=O)c1=O. The molecule has 266 valence electrons. The van der Waals surface area contributed by atoms with Crippen LogP contribution in [0.3, 0.4) is 0 Å². The van der Waals surface area contributed by atoms with Gasteiger partial charge in [0.15, 0.2) is 5.75 Å². The van der Waals surface area contributed by atoms with E-state index in [4.69, 9.17) is 4.74 Å². The molecule has 0 aliphatic carbocycles. The van der Waals surface area contributed by atoms with E-state index in [2.05, 4.69) is 91.4 Å². The highest BCUT2D eigenvalue weighted by molar-refractivity contribution is 6.10. The third kappa shape index (κ3) is 7.85. The van der Waals surface area contributed by atoms with Crippen molar-refractivity contribution >= 4 is 45.2 Å². The van der Waals surface area contributed by atoms with Crippen molar-refractivity contribution < 1.29 is 9.53 Å². The van der Waals surface area contributed by atoms with Crippen LogP contribution >= 0.6 is 0 Å². The monoisotopic (exact) mass is 695 g/mol. The average Bonchev–Trinajstić information content (AvgIpc) is 3.13. The molecule has 9 nitrogen and oxygen atoms in total. The summed E-state index contributed by atoms with van der Waals surface area (Å²) in [7, 11) is 5.65. The Kier molecular flexibility index (Phi) is 10.4. The predicted octanol–water partition coefficient (Wildman–Crippen LogP) is 8.51. The fraction of sp³-hybridized carbons (Fsp3) is 0.233. The fourth-order valence-electron chi connectivity index (χ4n) is 6.21. The van der Waals surface area contributed by atoms with Crippen LogP contribution in [-0.2, 0) is 18.4 Å². The molecular formula is C43H45N5O4. The summed E-state index contributed by atoms with van der Waals surface area (Å²) in [5, 5.41) is 14.2. The molecule has 0 fully saturated rings. The molecule has 0 heterocycles. The maximum absolute atomic E-state index is 13.7. The molecule has 0 saturated carbocycles. The second-order valence-corrected chi connectivity index (χ2v) is 14.3. The van der Waals surface area contributed by atoms with E-state index in [1.165, 1.54) is 12.7 Å². The Balaban J connectivity index is 1.26. The van der Waals surface area contributed by atoms with Gasteiger partial charge in [-0.05, 0) is 77.3 Å². The molecule has 0 spiro atoms. The number of fused-ring (bicyclic) bond motifs is 1. The van der Waals surface area contributed by atoms with E-state index in [1.807, 2.05) is 72.8 Å². The molecule has 2 amide bonds. The summed E-state index contributed by atoms with van der Waals surface area (Å²) in [5.74, 6) is 0.319. The smallest absolute Gasteiger partial charge is 0.323 e. The lowest BCUT2D eigenvalue weighted by molar-refractivity contribution is 0.262. The van der Waals surface area contributed by atoms with Gasteiger partial charge >= 0.3 is 6.03 Å². The molecule has 0 aliphatic heterocycles. The summed E-state index contributed by atoms with van der Waals surface area (Å²) < 4.78 is 5.81. The molecule has 0 saturated heterocycles. The second kappa shape index (κ2) is 15.1. The molecule has 4 N–H and O–H groups in total. The topological polar surface area (TPSA) is 112 Å². The normalized spacial score (nSPS) is 11.5. The molecule has 0 aliphatic rings. The van der Waals surface area contributed by atoms with Crippen LogP contribution in [0.25, 0.3) is 21.9 Å². The van der Waals surface area contributed by atoms with Gasteiger partial charge < -0.3 is 30.9 Å². The number of likely N-dealkylation sites (N-methyl/N-ethyl adjacent to an activating group) is 1. The first-order valence-corrected chi connectivity index (χ1v) is 17.4. The molecule has 52 heavy (non-hydrogen) atoms. The highest BCUT2D eigenvalue weighted by atomic mass is 16.5. The number of ether oxygens (including phenoxy) is 1. The summed E-state index contributed by atoms with van der Waals surface area (Å²) in [6.07, 6.45) is 0.982. The van der Waals surface area contributed by atoms with Gasteiger partial charge in [-0.25, -0.2) is 4.79 Å². The summed E-state index contributed by atoms with van der Waals surface area (Å²) in [4.78, 5) is 41.3.